The summed E-state index contributed by atoms with van der Waals surface area (Å²) in [5.74, 6) is 0.497. The molecule has 0 aliphatic heterocycles. The zero-order chi connectivity index (χ0) is 38.5. The molecule has 0 radical (unpaired) electrons. The molecule has 57 heavy (non-hydrogen) atoms. The Morgan fingerprint density at radius 2 is 1.07 bits per heavy atom. The van der Waals surface area contributed by atoms with Crippen LogP contribution in [0.1, 0.15) is 41.7 Å². The predicted octanol–water partition coefficient (Wildman–Crippen LogP) is 13.8. The highest BCUT2D eigenvalue weighted by Crippen LogP contribution is 2.52. The average Bonchev–Trinajstić information content (AvgIpc) is 3.50. The largest absolute Gasteiger partial charge is 0.383 e. The third-order valence-electron chi connectivity index (χ3n) is 11.9. The maximum atomic E-state index is 6.69. The van der Waals surface area contributed by atoms with Gasteiger partial charge in [0.25, 0.3) is 0 Å². The lowest BCUT2D eigenvalue weighted by Gasteiger charge is -2.23. The fraction of sp³-hybridized carbons (Fsp3) is 0.0727. The van der Waals surface area contributed by atoms with Crippen molar-refractivity contribution in [3.63, 3.8) is 0 Å². The zero-order valence-corrected chi connectivity index (χ0v) is 32.2. The fourth-order valence-electron chi connectivity index (χ4n) is 9.17. The summed E-state index contributed by atoms with van der Waals surface area (Å²) in [7, 11) is 0. The van der Waals surface area contributed by atoms with Crippen LogP contribution in [0.15, 0.2) is 199 Å². The van der Waals surface area contributed by atoms with E-state index in [0.717, 1.165) is 28.6 Å². The molecule has 2 nitrogen and oxygen atoms in total. The van der Waals surface area contributed by atoms with Gasteiger partial charge in [0.15, 0.2) is 0 Å². The van der Waals surface area contributed by atoms with Crippen LogP contribution >= 0.6 is 0 Å². The van der Waals surface area contributed by atoms with Crippen LogP contribution in [-0.2, 0) is 11.8 Å². The number of hydrogen-bond acceptors (Lipinski definition) is 1. The van der Waals surface area contributed by atoms with Crippen molar-refractivity contribution < 1.29 is 0 Å². The first-order valence-corrected chi connectivity index (χ1v) is 19.8. The second kappa shape index (κ2) is 13.9. The van der Waals surface area contributed by atoms with Gasteiger partial charge < -0.3 is 5.73 Å². The van der Waals surface area contributed by atoms with Crippen LogP contribution in [0.4, 0.5) is 0 Å². The van der Waals surface area contributed by atoms with Gasteiger partial charge in [0.05, 0.1) is 5.70 Å². The number of amidine groups is 1. The van der Waals surface area contributed by atoms with E-state index in [1.54, 1.807) is 0 Å². The highest BCUT2D eigenvalue weighted by molar-refractivity contribution is 6.12. The number of nitrogens with two attached hydrogens (primary N) is 1. The molecule has 10 rings (SSSR count). The van der Waals surface area contributed by atoms with Crippen molar-refractivity contribution in [2.45, 2.75) is 25.7 Å². The molecular weight excluding hydrogens is 689 g/mol. The number of allylic oxidation sites excluding steroid dienone is 1. The molecule has 2 heteroatoms. The normalized spacial score (nSPS) is 13.6. The van der Waals surface area contributed by atoms with E-state index in [0.29, 0.717) is 5.84 Å². The molecule has 272 valence electrons. The van der Waals surface area contributed by atoms with Crippen molar-refractivity contribution in [1.82, 2.24) is 0 Å². The summed E-state index contributed by atoms with van der Waals surface area (Å²) >= 11 is 0. The second-order valence-corrected chi connectivity index (χ2v) is 15.6. The first-order valence-electron chi connectivity index (χ1n) is 19.8. The lowest BCUT2D eigenvalue weighted by atomic mass is 9.80. The SMILES string of the molecule is CC1(C)c2ccc(-c3ccc(-c4ccc(/C(=C/Cc5ccccc5)N=C(N)c5ccccc5)c5ccccc45)c4ccccc34)cc2-c2ccc3ccccc3c21. The molecule has 9 aromatic carbocycles. The minimum absolute atomic E-state index is 0.0849. The topological polar surface area (TPSA) is 38.4 Å². The number of nitrogens with zero attached hydrogens (tertiary/aromatic N) is 1. The molecule has 1 aliphatic rings. The van der Waals surface area contributed by atoms with Crippen molar-refractivity contribution in [3.8, 4) is 33.4 Å². The number of aliphatic imine (C=N–C) groups is 1. The summed E-state index contributed by atoms with van der Waals surface area (Å²) < 4.78 is 0. The Morgan fingerprint density at radius 3 is 1.81 bits per heavy atom. The van der Waals surface area contributed by atoms with Gasteiger partial charge in [0.1, 0.15) is 5.84 Å². The van der Waals surface area contributed by atoms with Crippen LogP contribution in [0.3, 0.4) is 0 Å². The molecule has 9 aromatic rings. The van der Waals surface area contributed by atoms with Gasteiger partial charge in [-0.2, -0.15) is 0 Å². The lowest BCUT2D eigenvalue weighted by Crippen LogP contribution is -2.15. The summed E-state index contributed by atoms with van der Waals surface area (Å²) in [6.07, 6.45) is 2.95. The maximum absolute atomic E-state index is 6.69. The Kier molecular flexibility index (Phi) is 8.42. The molecule has 0 saturated heterocycles. The molecule has 0 heterocycles. The highest BCUT2D eigenvalue weighted by atomic mass is 14.9. The van der Waals surface area contributed by atoms with Gasteiger partial charge in [-0.3, -0.25) is 0 Å². The van der Waals surface area contributed by atoms with Gasteiger partial charge in [-0.1, -0.05) is 202 Å². The van der Waals surface area contributed by atoms with Crippen LogP contribution in [0, 0.1) is 0 Å². The van der Waals surface area contributed by atoms with Gasteiger partial charge in [0.2, 0.25) is 0 Å². The fourth-order valence-corrected chi connectivity index (χ4v) is 9.17. The second-order valence-electron chi connectivity index (χ2n) is 15.6. The van der Waals surface area contributed by atoms with E-state index in [9.17, 15) is 0 Å². The number of benzene rings is 9. The molecule has 2 N–H and O–H groups in total. The third-order valence-corrected chi connectivity index (χ3v) is 11.9. The highest BCUT2D eigenvalue weighted by Gasteiger charge is 2.37. The van der Waals surface area contributed by atoms with Crippen molar-refractivity contribution in [2.24, 2.45) is 10.7 Å². The van der Waals surface area contributed by atoms with Crippen LogP contribution in [0.2, 0.25) is 0 Å². The first-order chi connectivity index (χ1) is 28.0. The maximum Gasteiger partial charge on any atom is 0.131 e. The van der Waals surface area contributed by atoms with E-state index >= 15 is 0 Å². The minimum Gasteiger partial charge on any atom is -0.383 e. The number of fused-ring (bicyclic) bond motifs is 7. The molecule has 0 aromatic heterocycles. The molecule has 0 fully saturated rings. The summed E-state index contributed by atoms with van der Waals surface area (Å²) in [6, 6.07) is 67.7. The van der Waals surface area contributed by atoms with Crippen molar-refractivity contribution in [1.29, 1.82) is 0 Å². The lowest BCUT2D eigenvalue weighted by molar-refractivity contribution is 0.666. The van der Waals surface area contributed by atoms with Gasteiger partial charge >= 0.3 is 0 Å². The Balaban J connectivity index is 1.10. The summed E-state index contributed by atoms with van der Waals surface area (Å²) in [5.41, 5.74) is 21.0. The number of hydrogen-bond donors (Lipinski definition) is 1. The summed E-state index contributed by atoms with van der Waals surface area (Å²) in [6.45, 7) is 4.74. The minimum atomic E-state index is -0.0849. The van der Waals surface area contributed by atoms with Crippen LogP contribution in [-0.4, -0.2) is 5.84 Å². The van der Waals surface area contributed by atoms with E-state index in [4.69, 9.17) is 10.7 Å². The van der Waals surface area contributed by atoms with Gasteiger partial charge in [-0.05, 0) is 94.9 Å². The van der Waals surface area contributed by atoms with Crippen LogP contribution in [0.25, 0.3) is 71.4 Å². The van der Waals surface area contributed by atoms with E-state index in [-0.39, 0.29) is 5.41 Å². The molecule has 0 spiro atoms. The van der Waals surface area contributed by atoms with Gasteiger partial charge in [0, 0.05) is 16.5 Å². The van der Waals surface area contributed by atoms with Crippen LogP contribution < -0.4 is 5.73 Å². The van der Waals surface area contributed by atoms with E-state index in [1.165, 1.54) is 77.0 Å². The Morgan fingerprint density at radius 1 is 0.509 bits per heavy atom. The van der Waals surface area contributed by atoms with Crippen LogP contribution in [0.5, 0.6) is 0 Å². The predicted molar refractivity (Wildman–Crippen MR) is 243 cm³/mol. The van der Waals surface area contributed by atoms with E-state index < -0.39 is 0 Å². The van der Waals surface area contributed by atoms with E-state index in [2.05, 4.69) is 178 Å². The molecule has 0 atom stereocenters. The Labute approximate surface area is 334 Å². The monoisotopic (exact) mass is 730 g/mol. The third kappa shape index (κ3) is 5.93. The zero-order valence-electron chi connectivity index (χ0n) is 32.2. The summed E-state index contributed by atoms with van der Waals surface area (Å²) in [5, 5.41) is 7.42. The average molecular weight is 731 g/mol. The van der Waals surface area contributed by atoms with Crippen molar-refractivity contribution in [2.75, 3.05) is 0 Å². The first kappa shape index (κ1) is 34.5. The molecular formula is C55H42N2. The Bertz CT molecular complexity index is 3060. The quantitative estimate of drug-likeness (QED) is 0.129. The molecule has 0 unspecified atom stereocenters. The van der Waals surface area contributed by atoms with Crippen molar-refractivity contribution >= 4 is 43.9 Å². The Hall–Kier alpha value is -7.03. The van der Waals surface area contributed by atoms with Gasteiger partial charge in [-0.15, -0.1) is 0 Å². The van der Waals surface area contributed by atoms with Gasteiger partial charge in [-0.25, -0.2) is 4.99 Å². The molecule has 0 bridgehead atoms. The summed E-state index contributed by atoms with van der Waals surface area (Å²) in [4.78, 5) is 5.10. The standard InChI is InChI=1S/C55H42N2/c1-55(2)51-33-27-39(35-50(51)49-28-26-37-17-9-10-20-41(37)53(49)55)40-29-30-46(43-22-12-11-21-42(40)43)47-31-32-48(45-24-14-13-23-44(45)47)52(34-25-36-15-5-3-6-16-36)57-54(56)38-18-7-4-8-19-38/h3-24,26-35H,25H2,1-2H3,(H2,56,57)/b52-34-. The molecule has 0 amide bonds. The van der Waals surface area contributed by atoms with Crippen molar-refractivity contribution in [3.05, 3.63) is 222 Å². The number of rotatable bonds is 7. The smallest absolute Gasteiger partial charge is 0.131 e. The van der Waals surface area contributed by atoms with E-state index in [1.807, 2.05) is 30.3 Å². The molecule has 1 aliphatic carbocycles. The molecule has 0 saturated carbocycles.